The van der Waals surface area contributed by atoms with Crippen LogP contribution in [-0.2, 0) is 0 Å². The van der Waals surface area contributed by atoms with Crippen molar-refractivity contribution in [2.24, 2.45) is 5.73 Å². The second-order valence-electron chi connectivity index (χ2n) is 3.34. The number of nitrogens with zero attached hydrogens (tertiary/aromatic N) is 4. The molecule has 84 valence electrons. The molecule has 0 bridgehead atoms. The molecule has 16 heavy (non-hydrogen) atoms. The molecule has 2 aromatic rings. The molecule has 0 aliphatic heterocycles. The summed E-state index contributed by atoms with van der Waals surface area (Å²) in [7, 11) is 0. The van der Waals surface area contributed by atoms with E-state index in [0.717, 1.165) is 11.5 Å². The van der Waals surface area contributed by atoms with E-state index in [1.165, 1.54) is 6.33 Å². The number of aryl methyl sites for hydroxylation is 1. The Morgan fingerprint density at radius 2 is 2.38 bits per heavy atom. The van der Waals surface area contributed by atoms with Crippen LogP contribution in [0.25, 0.3) is 5.78 Å². The van der Waals surface area contributed by atoms with Crippen molar-refractivity contribution in [1.82, 2.24) is 19.6 Å². The molecule has 0 aliphatic rings. The highest BCUT2D eigenvalue weighted by Crippen LogP contribution is 2.09. The molecular formula is C10H14N6. The van der Waals surface area contributed by atoms with Gasteiger partial charge >= 0.3 is 0 Å². The zero-order valence-corrected chi connectivity index (χ0v) is 9.09. The maximum Gasteiger partial charge on any atom is 0.254 e. The fraction of sp³-hybridized carbons (Fsp3) is 0.300. The van der Waals surface area contributed by atoms with E-state index in [4.69, 9.17) is 5.73 Å². The Balaban J connectivity index is 2.22. The first kappa shape index (κ1) is 10.6. The summed E-state index contributed by atoms with van der Waals surface area (Å²) in [6.07, 6.45) is 5.36. The number of rotatable bonds is 4. The van der Waals surface area contributed by atoms with Gasteiger partial charge < -0.3 is 11.1 Å². The number of nitrogens with one attached hydrogen (secondary N) is 1. The second-order valence-corrected chi connectivity index (χ2v) is 3.34. The Hall–Kier alpha value is -1.95. The number of hydrogen-bond donors (Lipinski definition) is 2. The van der Waals surface area contributed by atoms with Crippen LogP contribution in [0.15, 0.2) is 24.5 Å². The normalized spacial score (nSPS) is 11.4. The van der Waals surface area contributed by atoms with E-state index in [9.17, 15) is 0 Å². The summed E-state index contributed by atoms with van der Waals surface area (Å²) in [4.78, 5) is 8.30. The Kier molecular flexibility index (Phi) is 3.11. The van der Waals surface area contributed by atoms with Gasteiger partial charge in [-0.1, -0.05) is 12.2 Å². The molecule has 6 heteroatoms. The highest BCUT2D eigenvalue weighted by Gasteiger charge is 2.03. The maximum absolute atomic E-state index is 5.35. The largest absolute Gasteiger partial charge is 0.366 e. The third-order valence-corrected chi connectivity index (χ3v) is 2.08. The van der Waals surface area contributed by atoms with Crippen LogP contribution in [0, 0.1) is 6.92 Å². The molecule has 0 radical (unpaired) electrons. The number of nitrogens with two attached hydrogens (primary N) is 1. The lowest BCUT2D eigenvalue weighted by atomic mass is 10.4. The lowest BCUT2D eigenvalue weighted by Crippen LogP contribution is -2.07. The first-order valence-corrected chi connectivity index (χ1v) is 5.07. The van der Waals surface area contributed by atoms with Gasteiger partial charge in [0.25, 0.3) is 5.78 Å². The van der Waals surface area contributed by atoms with E-state index in [1.807, 2.05) is 25.1 Å². The van der Waals surface area contributed by atoms with Gasteiger partial charge in [-0.3, -0.25) is 0 Å². The van der Waals surface area contributed by atoms with E-state index in [2.05, 4.69) is 20.4 Å². The van der Waals surface area contributed by atoms with Crippen LogP contribution in [0.4, 0.5) is 5.82 Å². The van der Waals surface area contributed by atoms with Gasteiger partial charge in [0.2, 0.25) is 0 Å². The Morgan fingerprint density at radius 1 is 1.50 bits per heavy atom. The number of hydrogen-bond acceptors (Lipinski definition) is 5. The van der Waals surface area contributed by atoms with Crippen LogP contribution in [0.3, 0.4) is 0 Å². The Morgan fingerprint density at radius 3 is 3.19 bits per heavy atom. The van der Waals surface area contributed by atoms with Crippen molar-refractivity contribution in [2.45, 2.75) is 6.92 Å². The van der Waals surface area contributed by atoms with Crippen LogP contribution in [0.1, 0.15) is 5.69 Å². The fourth-order valence-corrected chi connectivity index (χ4v) is 1.40. The van der Waals surface area contributed by atoms with Gasteiger partial charge in [0, 0.05) is 24.8 Å². The summed E-state index contributed by atoms with van der Waals surface area (Å²) >= 11 is 0. The van der Waals surface area contributed by atoms with Crippen molar-refractivity contribution in [1.29, 1.82) is 0 Å². The summed E-state index contributed by atoms with van der Waals surface area (Å²) in [6, 6.07) is 1.93. The highest BCUT2D eigenvalue weighted by molar-refractivity contribution is 5.44. The van der Waals surface area contributed by atoms with Gasteiger partial charge in [-0.2, -0.15) is 14.6 Å². The molecule has 2 aromatic heterocycles. The van der Waals surface area contributed by atoms with Crippen molar-refractivity contribution in [3.05, 3.63) is 30.2 Å². The van der Waals surface area contributed by atoms with E-state index in [1.54, 1.807) is 4.52 Å². The number of aromatic nitrogens is 4. The summed E-state index contributed by atoms with van der Waals surface area (Å²) in [5.74, 6) is 1.48. The van der Waals surface area contributed by atoms with Crippen LogP contribution >= 0.6 is 0 Å². The van der Waals surface area contributed by atoms with E-state index in [0.29, 0.717) is 18.9 Å². The van der Waals surface area contributed by atoms with Crippen LogP contribution < -0.4 is 11.1 Å². The quantitative estimate of drug-likeness (QED) is 0.724. The molecule has 0 atom stereocenters. The number of anilines is 1. The monoisotopic (exact) mass is 218 g/mol. The minimum absolute atomic E-state index is 0.551. The van der Waals surface area contributed by atoms with Gasteiger partial charge in [-0.25, -0.2) is 4.98 Å². The van der Waals surface area contributed by atoms with Crippen molar-refractivity contribution >= 4 is 11.6 Å². The summed E-state index contributed by atoms with van der Waals surface area (Å²) in [5, 5.41) is 7.32. The first-order chi connectivity index (χ1) is 7.81. The molecule has 0 saturated heterocycles. The Bertz CT molecular complexity index is 501. The predicted molar refractivity (Wildman–Crippen MR) is 62.2 cm³/mol. The van der Waals surface area contributed by atoms with Gasteiger partial charge in [-0.15, -0.1) is 0 Å². The SMILES string of the molecule is Cc1cc(NC/C=C/CN)n2ncnc2n1. The topological polar surface area (TPSA) is 81.1 Å². The van der Waals surface area contributed by atoms with Crippen LogP contribution in [0.2, 0.25) is 0 Å². The molecule has 0 saturated carbocycles. The van der Waals surface area contributed by atoms with E-state index < -0.39 is 0 Å². The molecule has 6 nitrogen and oxygen atoms in total. The molecule has 0 aliphatic carbocycles. The lowest BCUT2D eigenvalue weighted by Gasteiger charge is -2.05. The third-order valence-electron chi connectivity index (χ3n) is 2.08. The van der Waals surface area contributed by atoms with Gasteiger partial charge in [0.15, 0.2) is 0 Å². The van der Waals surface area contributed by atoms with Crippen LogP contribution in [-0.4, -0.2) is 32.7 Å². The second kappa shape index (κ2) is 4.71. The number of fused-ring (bicyclic) bond motifs is 1. The van der Waals surface area contributed by atoms with Crippen molar-refractivity contribution < 1.29 is 0 Å². The standard InChI is InChI=1S/C10H14N6/c1-8-6-9(12-5-3-2-4-11)16-10(15-8)13-7-14-16/h2-3,6-7,12H,4-5,11H2,1H3/b3-2+. The van der Waals surface area contributed by atoms with Crippen molar-refractivity contribution in [2.75, 3.05) is 18.4 Å². The van der Waals surface area contributed by atoms with Gasteiger partial charge in [-0.05, 0) is 6.92 Å². The average molecular weight is 218 g/mol. The van der Waals surface area contributed by atoms with Crippen molar-refractivity contribution in [3.63, 3.8) is 0 Å². The first-order valence-electron chi connectivity index (χ1n) is 5.07. The van der Waals surface area contributed by atoms with E-state index in [-0.39, 0.29) is 0 Å². The summed E-state index contributed by atoms with van der Waals surface area (Å²) in [6.45, 7) is 3.18. The van der Waals surface area contributed by atoms with Gasteiger partial charge in [0.05, 0.1) is 0 Å². The summed E-state index contributed by atoms with van der Waals surface area (Å²) in [5.41, 5.74) is 6.26. The maximum atomic E-state index is 5.35. The third kappa shape index (κ3) is 2.17. The van der Waals surface area contributed by atoms with E-state index >= 15 is 0 Å². The minimum atomic E-state index is 0.551. The fourth-order valence-electron chi connectivity index (χ4n) is 1.40. The van der Waals surface area contributed by atoms with Gasteiger partial charge in [0.1, 0.15) is 12.1 Å². The molecular weight excluding hydrogens is 204 g/mol. The zero-order chi connectivity index (χ0) is 11.4. The molecule has 3 N–H and O–H groups in total. The molecule has 0 amide bonds. The molecule has 0 aromatic carbocycles. The smallest absolute Gasteiger partial charge is 0.254 e. The highest BCUT2D eigenvalue weighted by atomic mass is 15.3. The predicted octanol–water partition coefficient (Wildman–Crippen LogP) is 0.360. The molecule has 2 rings (SSSR count). The molecule has 2 heterocycles. The molecule has 0 spiro atoms. The van der Waals surface area contributed by atoms with Crippen LogP contribution in [0.5, 0.6) is 0 Å². The zero-order valence-electron chi connectivity index (χ0n) is 9.09. The lowest BCUT2D eigenvalue weighted by molar-refractivity contribution is 0.927. The molecule has 0 fully saturated rings. The molecule has 0 unspecified atom stereocenters. The van der Waals surface area contributed by atoms with Crippen molar-refractivity contribution in [3.8, 4) is 0 Å². The Labute approximate surface area is 93.2 Å². The minimum Gasteiger partial charge on any atom is -0.366 e. The summed E-state index contributed by atoms with van der Waals surface area (Å²) < 4.78 is 1.67. The average Bonchev–Trinajstić information content (AvgIpc) is 2.72.